The maximum absolute atomic E-state index is 12.8. The van der Waals surface area contributed by atoms with Crippen molar-refractivity contribution >= 4 is 34.3 Å². The van der Waals surface area contributed by atoms with E-state index in [4.69, 9.17) is 0 Å². The van der Waals surface area contributed by atoms with E-state index in [0.717, 1.165) is 61.2 Å². The normalized spacial score (nSPS) is 25.8. The zero-order chi connectivity index (χ0) is 24.8. The number of aliphatic carboxylic acids is 2. The van der Waals surface area contributed by atoms with Crippen LogP contribution in [0.2, 0.25) is 0 Å². The Morgan fingerprint density at radius 3 is 1.67 bits per heavy atom. The lowest BCUT2D eigenvalue weighted by Crippen LogP contribution is -2.24. The van der Waals surface area contributed by atoms with Crippen LogP contribution in [0.5, 0.6) is 0 Å². The zero-order valence-corrected chi connectivity index (χ0v) is 22.1. The highest BCUT2D eigenvalue weighted by atomic mass is 32.2. The summed E-state index contributed by atoms with van der Waals surface area (Å²) in [5.41, 5.74) is -1.50. The minimum absolute atomic E-state index is 0.0912. The fourth-order valence-corrected chi connectivity index (χ4v) is 7.71. The Morgan fingerprint density at radius 1 is 0.818 bits per heavy atom. The van der Waals surface area contributed by atoms with Gasteiger partial charge in [-0.3, -0.25) is 9.59 Å². The van der Waals surface area contributed by atoms with Crippen LogP contribution in [0.1, 0.15) is 98.3 Å². The molecule has 0 saturated carbocycles. The quantitative estimate of drug-likeness (QED) is 0.303. The molecule has 0 aliphatic carbocycles. The molecular weight excluding hydrogens is 460 g/mol. The van der Waals surface area contributed by atoms with Crippen LogP contribution >= 0.6 is 0 Å². The molecule has 0 radical (unpaired) electrons. The van der Waals surface area contributed by atoms with E-state index in [9.17, 15) is 28.9 Å². The second-order valence-corrected chi connectivity index (χ2v) is 14.2. The Bertz CT molecular complexity index is 758. The lowest BCUT2D eigenvalue weighted by Gasteiger charge is -2.21. The molecule has 0 aromatic rings. The molecule has 33 heavy (non-hydrogen) atoms. The van der Waals surface area contributed by atoms with Crippen LogP contribution in [0, 0.1) is 10.8 Å². The van der Waals surface area contributed by atoms with Crippen molar-refractivity contribution < 1.29 is 28.9 Å². The average Bonchev–Trinajstić information content (AvgIpc) is 3.25. The average molecular weight is 501 g/mol. The zero-order valence-electron chi connectivity index (χ0n) is 20.4. The Hall–Kier alpha value is -0.960. The number of carboxylic acids is 2. The molecule has 188 valence electrons. The summed E-state index contributed by atoms with van der Waals surface area (Å²) >= 11 is -2.00. The minimum Gasteiger partial charge on any atom is -0.611 e. The molecule has 0 fully saturated rings. The first-order valence-corrected chi connectivity index (χ1v) is 14.4. The molecule has 0 spiro atoms. The SMILES string of the molecule is CC(C)(CCCC1=CCC(CCCC2=CCC(CCCC(C)(C)C(=O)O)[S+]2[O-])[S+]1[O-])C(=O)O. The van der Waals surface area contributed by atoms with E-state index in [1.54, 1.807) is 27.7 Å². The van der Waals surface area contributed by atoms with E-state index in [2.05, 4.69) is 12.2 Å². The molecule has 8 heteroatoms. The van der Waals surface area contributed by atoms with Crippen LogP contribution in [0.15, 0.2) is 22.0 Å². The number of carboxylic acid groups (broad SMARTS) is 2. The first-order chi connectivity index (χ1) is 15.3. The second kappa shape index (κ2) is 12.1. The molecule has 4 atom stereocenters. The molecule has 0 aromatic carbocycles. The predicted octanol–water partition coefficient (Wildman–Crippen LogP) is 5.53. The summed E-state index contributed by atoms with van der Waals surface area (Å²) in [4.78, 5) is 24.4. The molecule has 2 rings (SSSR count). The summed E-state index contributed by atoms with van der Waals surface area (Å²) in [6.07, 6.45) is 12.3. The molecule has 2 N–H and O–H groups in total. The Labute approximate surface area is 204 Å². The van der Waals surface area contributed by atoms with Crippen LogP contribution in [0.4, 0.5) is 0 Å². The van der Waals surface area contributed by atoms with E-state index in [0.29, 0.717) is 19.3 Å². The molecule has 0 saturated heterocycles. The lowest BCUT2D eigenvalue weighted by atomic mass is 9.87. The van der Waals surface area contributed by atoms with Gasteiger partial charge in [0.25, 0.3) is 0 Å². The molecule has 0 amide bonds. The van der Waals surface area contributed by atoms with Gasteiger partial charge in [0.2, 0.25) is 0 Å². The summed E-state index contributed by atoms with van der Waals surface area (Å²) in [5, 5.41) is 18.6. The second-order valence-electron chi connectivity index (χ2n) is 10.7. The van der Waals surface area contributed by atoms with Crippen molar-refractivity contribution in [3.63, 3.8) is 0 Å². The van der Waals surface area contributed by atoms with Gasteiger partial charge in [0.05, 0.1) is 10.8 Å². The largest absolute Gasteiger partial charge is 0.611 e. The van der Waals surface area contributed by atoms with Crippen LogP contribution < -0.4 is 0 Å². The Kier molecular flexibility index (Phi) is 10.4. The Morgan fingerprint density at radius 2 is 1.21 bits per heavy atom. The van der Waals surface area contributed by atoms with Crippen molar-refractivity contribution in [2.24, 2.45) is 10.8 Å². The highest BCUT2D eigenvalue weighted by Crippen LogP contribution is 2.37. The van der Waals surface area contributed by atoms with E-state index in [1.165, 1.54) is 0 Å². The fraction of sp³-hybridized carbons (Fsp3) is 0.760. The van der Waals surface area contributed by atoms with E-state index < -0.39 is 45.1 Å². The molecule has 4 unspecified atom stereocenters. The Balaban J connectivity index is 1.66. The van der Waals surface area contributed by atoms with E-state index in [1.807, 2.05) is 0 Å². The fourth-order valence-electron chi connectivity index (χ4n) is 4.34. The van der Waals surface area contributed by atoms with Gasteiger partial charge in [0.15, 0.2) is 0 Å². The first-order valence-electron chi connectivity index (χ1n) is 12.0. The summed E-state index contributed by atoms with van der Waals surface area (Å²) in [7, 11) is 0. The monoisotopic (exact) mass is 500 g/mol. The summed E-state index contributed by atoms with van der Waals surface area (Å²) in [6.45, 7) is 6.91. The van der Waals surface area contributed by atoms with Crippen molar-refractivity contribution in [3.8, 4) is 0 Å². The van der Waals surface area contributed by atoms with Gasteiger partial charge in [-0.15, -0.1) is 0 Å². The van der Waals surface area contributed by atoms with Gasteiger partial charge in [-0.25, -0.2) is 0 Å². The summed E-state index contributed by atoms with van der Waals surface area (Å²) in [5.74, 6) is -1.59. The third kappa shape index (κ3) is 8.05. The van der Waals surface area contributed by atoms with Crippen LogP contribution in [0.3, 0.4) is 0 Å². The standard InChI is InChI=1S/C25H40O6S2/c1-24(2,22(26)27)16-6-10-20-14-12-18(32(20)30)8-5-9-19-13-15-21(33(19)31)11-7-17-25(3,4)23(28)29/h12,15,19-20H,5-11,13-14,16-17H2,1-4H3,(H,26,27)(H,28,29). The molecule has 2 aliphatic heterocycles. The van der Waals surface area contributed by atoms with E-state index >= 15 is 0 Å². The summed E-state index contributed by atoms with van der Waals surface area (Å²) < 4.78 is 25.6. The third-order valence-electron chi connectivity index (χ3n) is 7.00. The van der Waals surface area contributed by atoms with Crippen molar-refractivity contribution in [2.45, 2.75) is 109 Å². The minimum atomic E-state index is -1.00. The maximum atomic E-state index is 12.8. The van der Waals surface area contributed by atoms with Crippen molar-refractivity contribution in [2.75, 3.05) is 0 Å². The molecule has 0 aromatic heterocycles. The molecule has 2 aliphatic rings. The van der Waals surface area contributed by atoms with Gasteiger partial charge < -0.3 is 19.3 Å². The number of carbonyl (C=O) groups is 2. The first kappa shape index (κ1) is 28.3. The number of rotatable bonds is 14. The maximum Gasteiger partial charge on any atom is 0.309 e. The van der Waals surface area contributed by atoms with Gasteiger partial charge in [-0.1, -0.05) is 0 Å². The molecule has 0 bridgehead atoms. The van der Waals surface area contributed by atoms with Crippen LogP contribution in [-0.4, -0.2) is 41.8 Å². The lowest BCUT2D eigenvalue weighted by molar-refractivity contribution is -0.148. The van der Waals surface area contributed by atoms with Crippen molar-refractivity contribution in [1.29, 1.82) is 0 Å². The van der Waals surface area contributed by atoms with Gasteiger partial charge in [-0.05, 0) is 107 Å². The number of hydrogen-bond donors (Lipinski definition) is 2. The topological polar surface area (TPSA) is 121 Å². The number of allylic oxidation sites excluding steroid dienone is 4. The van der Waals surface area contributed by atoms with Crippen LogP contribution in [-0.2, 0) is 31.9 Å². The van der Waals surface area contributed by atoms with E-state index in [-0.39, 0.29) is 10.5 Å². The van der Waals surface area contributed by atoms with Crippen LogP contribution in [0.25, 0.3) is 0 Å². The predicted molar refractivity (Wildman–Crippen MR) is 134 cm³/mol. The molecule has 2 heterocycles. The van der Waals surface area contributed by atoms with Gasteiger partial charge in [-0.2, -0.15) is 0 Å². The van der Waals surface area contributed by atoms with Crippen molar-refractivity contribution in [1.82, 2.24) is 0 Å². The molecular formula is C25H40O6S2. The van der Waals surface area contributed by atoms with Crippen molar-refractivity contribution in [3.05, 3.63) is 22.0 Å². The highest BCUT2D eigenvalue weighted by Gasteiger charge is 2.35. The van der Waals surface area contributed by atoms with Gasteiger partial charge in [0, 0.05) is 25.7 Å². The summed E-state index contributed by atoms with van der Waals surface area (Å²) in [6, 6.07) is 0. The molecule has 6 nitrogen and oxygen atoms in total. The smallest absolute Gasteiger partial charge is 0.309 e. The third-order valence-corrected chi connectivity index (χ3v) is 10.8. The van der Waals surface area contributed by atoms with Gasteiger partial charge >= 0.3 is 11.9 Å². The highest BCUT2D eigenvalue weighted by molar-refractivity contribution is 7.96. The number of hydrogen-bond acceptors (Lipinski definition) is 4. The van der Waals surface area contributed by atoms with Gasteiger partial charge in [0.1, 0.15) is 20.3 Å².